The molecule has 4 rings (SSSR count). The molecule has 5 heteroatoms. The summed E-state index contributed by atoms with van der Waals surface area (Å²) >= 11 is 6.68. The number of carbonyl (C=O) groups excluding carboxylic acids is 1. The molecule has 178 valence electrons. The van der Waals surface area contributed by atoms with Gasteiger partial charge in [0.2, 0.25) is 0 Å². The van der Waals surface area contributed by atoms with E-state index in [-0.39, 0.29) is 11.8 Å². The number of likely N-dealkylation sites (tertiary alicyclic amines) is 1. The lowest BCUT2D eigenvalue weighted by Gasteiger charge is -2.34. The molecule has 1 aliphatic heterocycles. The van der Waals surface area contributed by atoms with Gasteiger partial charge in [-0.1, -0.05) is 78.7 Å². The molecule has 0 N–H and O–H groups in total. The lowest BCUT2D eigenvalue weighted by Crippen LogP contribution is -2.43. The van der Waals surface area contributed by atoms with Crippen LogP contribution in [0.1, 0.15) is 48.4 Å². The Hall–Kier alpha value is -3.39. The number of carbonyl (C=O) groups is 1. The molecule has 0 saturated carbocycles. The van der Waals surface area contributed by atoms with Gasteiger partial charge in [-0.05, 0) is 55.1 Å². The highest BCUT2D eigenvalue weighted by Gasteiger charge is 2.27. The maximum absolute atomic E-state index is 12.1. The predicted octanol–water partition coefficient (Wildman–Crippen LogP) is 7.00. The molecular weight excluding hydrogens is 456 g/mol. The molecule has 3 aromatic rings. The molecule has 1 aliphatic rings. The smallest absolute Gasteiger partial charge is 0.146 e. The van der Waals surface area contributed by atoms with E-state index in [4.69, 9.17) is 16.3 Å². The number of piperidine rings is 1. The highest BCUT2D eigenvalue weighted by atomic mass is 35.5. The number of ether oxygens (including phenoxy) is 1. The fourth-order valence-electron chi connectivity index (χ4n) is 4.78. The lowest BCUT2D eigenvalue weighted by atomic mass is 9.95. The molecule has 1 saturated heterocycles. The van der Waals surface area contributed by atoms with Crippen LogP contribution in [0, 0.1) is 11.3 Å². The number of nitrogens with zero attached hydrogens (tertiary/aromatic N) is 2. The van der Waals surface area contributed by atoms with E-state index >= 15 is 0 Å². The molecule has 0 unspecified atom stereocenters. The van der Waals surface area contributed by atoms with Gasteiger partial charge in [-0.3, -0.25) is 9.69 Å². The van der Waals surface area contributed by atoms with Crippen LogP contribution in [0.15, 0.2) is 60.7 Å². The van der Waals surface area contributed by atoms with Gasteiger partial charge in [0.05, 0.1) is 18.7 Å². The summed E-state index contributed by atoms with van der Waals surface area (Å²) in [5, 5.41) is 10.5. The molecule has 0 aromatic heterocycles. The van der Waals surface area contributed by atoms with Crippen molar-refractivity contribution in [2.45, 2.75) is 38.8 Å². The topological polar surface area (TPSA) is 53.3 Å². The van der Waals surface area contributed by atoms with Crippen molar-refractivity contribution in [2.24, 2.45) is 0 Å². The Labute approximate surface area is 212 Å². The molecule has 0 amide bonds. The largest absolute Gasteiger partial charge is 0.496 e. The fraction of sp³-hybridized carbons (Fsp3) is 0.267. The van der Waals surface area contributed by atoms with Gasteiger partial charge >= 0.3 is 0 Å². The second-order valence-electron chi connectivity index (χ2n) is 8.86. The Kier molecular flexibility index (Phi) is 8.02. The third-order valence-corrected chi connectivity index (χ3v) is 6.92. The minimum atomic E-state index is -0.0481. The maximum Gasteiger partial charge on any atom is 0.146 e. The third kappa shape index (κ3) is 5.65. The first-order valence-corrected chi connectivity index (χ1v) is 12.3. The molecule has 1 heterocycles. The van der Waals surface area contributed by atoms with E-state index in [2.05, 4.69) is 11.0 Å². The van der Waals surface area contributed by atoms with Gasteiger partial charge in [-0.25, -0.2) is 0 Å². The van der Waals surface area contributed by atoms with E-state index < -0.39 is 0 Å². The van der Waals surface area contributed by atoms with Crippen LogP contribution in [0.4, 0.5) is 0 Å². The Morgan fingerprint density at radius 3 is 2.60 bits per heavy atom. The van der Waals surface area contributed by atoms with Gasteiger partial charge in [0.25, 0.3) is 0 Å². The van der Waals surface area contributed by atoms with E-state index in [0.29, 0.717) is 17.1 Å². The number of nitriles is 1. The number of benzene rings is 3. The van der Waals surface area contributed by atoms with Gasteiger partial charge in [0.15, 0.2) is 0 Å². The molecule has 0 spiro atoms. The van der Waals surface area contributed by atoms with Crippen LogP contribution in [-0.2, 0) is 11.3 Å². The van der Waals surface area contributed by atoms with Crippen LogP contribution < -0.4 is 4.74 Å². The molecule has 0 aliphatic carbocycles. The zero-order valence-corrected chi connectivity index (χ0v) is 20.9. The van der Waals surface area contributed by atoms with Crippen molar-refractivity contribution < 1.29 is 9.53 Å². The number of rotatable bonds is 7. The van der Waals surface area contributed by atoms with Crippen molar-refractivity contribution in [1.29, 1.82) is 5.26 Å². The third-order valence-electron chi connectivity index (χ3n) is 6.59. The molecule has 3 aromatic carbocycles. The Morgan fingerprint density at radius 2 is 1.89 bits per heavy atom. The number of methoxy groups -OCH3 is 1. The minimum Gasteiger partial charge on any atom is -0.496 e. The van der Waals surface area contributed by atoms with Crippen LogP contribution in [0.25, 0.3) is 23.3 Å². The van der Waals surface area contributed by atoms with Gasteiger partial charge in [0.1, 0.15) is 17.6 Å². The van der Waals surface area contributed by atoms with Crippen molar-refractivity contribution in [2.75, 3.05) is 13.7 Å². The first-order chi connectivity index (χ1) is 17.0. The van der Waals surface area contributed by atoms with E-state index in [1.165, 1.54) is 0 Å². The second-order valence-corrected chi connectivity index (χ2v) is 9.27. The van der Waals surface area contributed by atoms with E-state index in [9.17, 15) is 10.1 Å². The van der Waals surface area contributed by atoms with Crippen LogP contribution in [0.5, 0.6) is 5.75 Å². The number of ketones is 1. The molecule has 1 atom stereocenters. The highest BCUT2D eigenvalue weighted by Crippen LogP contribution is 2.32. The maximum atomic E-state index is 12.1. The summed E-state index contributed by atoms with van der Waals surface area (Å²) in [4.78, 5) is 14.4. The van der Waals surface area contributed by atoms with Crippen LogP contribution in [-0.4, -0.2) is 30.4 Å². The number of hydrogen-bond acceptors (Lipinski definition) is 4. The zero-order chi connectivity index (χ0) is 24.8. The Balaban J connectivity index is 1.63. The molecule has 0 bridgehead atoms. The summed E-state index contributed by atoms with van der Waals surface area (Å²) < 4.78 is 5.70. The summed E-state index contributed by atoms with van der Waals surface area (Å²) in [5.74, 6) is 0.945. The van der Waals surface area contributed by atoms with Crippen molar-refractivity contribution in [3.8, 4) is 22.9 Å². The normalized spacial score (nSPS) is 16.2. The van der Waals surface area contributed by atoms with Crippen molar-refractivity contribution >= 4 is 29.5 Å². The molecule has 35 heavy (non-hydrogen) atoms. The summed E-state index contributed by atoms with van der Waals surface area (Å²) in [7, 11) is 1.65. The van der Waals surface area contributed by atoms with Crippen LogP contribution >= 0.6 is 11.6 Å². The molecular formula is C30H29ClN2O2. The monoisotopic (exact) mass is 484 g/mol. The minimum absolute atomic E-state index is 0.0481. The molecule has 1 fully saturated rings. The molecule has 4 nitrogen and oxygen atoms in total. The van der Waals surface area contributed by atoms with Crippen molar-refractivity contribution in [3.05, 3.63) is 87.9 Å². The first kappa shape index (κ1) is 24.7. The van der Waals surface area contributed by atoms with E-state index in [1.807, 2.05) is 72.8 Å². The van der Waals surface area contributed by atoms with Crippen LogP contribution in [0.3, 0.4) is 0 Å². The first-order valence-electron chi connectivity index (χ1n) is 11.9. The predicted molar refractivity (Wildman–Crippen MR) is 142 cm³/mol. The average molecular weight is 485 g/mol. The van der Waals surface area contributed by atoms with Crippen LogP contribution in [0.2, 0.25) is 5.02 Å². The quantitative estimate of drug-likeness (QED) is 0.339. The van der Waals surface area contributed by atoms with Gasteiger partial charge in [-0.15, -0.1) is 0 Å². The summed E-state index contributed by atoms with van der Waals surface area (Å²) in [5.41, 5.74) is 5.12. The van der Waals surface area contributed by atoms with Gasteiger partial charge in [-0.2, -0.15) is 5.26 Å². The summed E-state index contributed by atoms with van der Waals surface area (Å²) in [6, 6.07) is 21.9. The molecule has 0 radical (unpaired) electrons. The summed E-state index contributed by atoms with van der Waals surface area (Å²) in [6.45, 7) is 3.18. The van der Waals surface area contributed by atoms with Gasteiger partial charge < -0.3 is 4.74 Å². The zero-order valence-electron chi connectivity index (χ0n) is 20.1. The lowest BCUT2D eigenvalue weighted by molar-refractivity contribution is -0.123. The summed E-state index contributed by atoms with van der Waals surface area (Å²) in [6.07, 6.45) is 6.90. The number of halogens is 1. The number of Topliss-reactive ketones (excluding diaryl/α,β-unsaturated/α-hetero) is 1. The Morgan fingerprint density at radius 1 is 1.11 bits per heavy atom. The number of hydrogen-bond donors (Lipinski definition) is 0. The SMILES string of the molecule is COc1cc(/C=C/c2cccc(-c3ccccc3)c2C#N)c(Cl)cc1CN1CCCC[C@H]1C(C)=O. The highest BCUT2D eigenvalue weighted by molar-refractivity contribution is 6.32. The van der Waals surface area contributed by atoms with E-state index in [1.54, 1.807) is 14.0 Å². The fourth-order valence-corrected chi connectivity index (χ4v) is 5.03. The standard InChI is InChI=1S/C30H29ClN2O2/c1-21(34)29-13-6-7-16-33(29)20-25-17-28(31)24(18-30(25)35-2)15-14-23-11-8-12-26(27(23)19-32)22-9-4-3-5-10-22/h3-5,8-12,14-15,17-18,29H,6-7,13,16,20H2,1-2H3/b15-14+/t29-/m0/s1. The second kappa shape index (κ2) is 11.4. The Bertz CT molecular complexity index is 1280. The van der Waals surface area contributed by atoms with Crippen molar-refractivity contribution in [1.82, 2.24) is 4.90 Å². The average Bonchev–Trinajstić information content (AvgIpc) is 2.88. The van der Waals surface area contributed by atoms with Crippen molar-refractivity contribution in [3.63, 3.8) is 0 Å². The van der Waals surface area contributed by atoms with E-state index in [0.717, 1.165) is 59.4 Å². The van der Waals surface area contributed by atoms with Gasteiger partial charge in [0, 0.05) is 22.7 Å².